The normalized spacial score (nSPS) is 12.9. The molecule has 0 saturated carbocycles. The Bertz CT molecular complexity index is 755. The lowest BCUT2D eigenvalue weighted by Crippen LogP contribution is -2.12. The van der Waals surface area contributed by atoms with E-state index in [-0.39, 0.29) is 6.04 Å². The van der Waals surface area contributed by atoms with Crippen molar-refractivity contribution in [2.45, 2.75) is 32.7 Å². The van der Waals surface area contributed by atoms with Crippen molar-refractivity contribution in [3.05, 3.63) is 35.8 Å². The first-order chi connectivity index (χ1) is 10.1. The van der Waals surface area contributed by atoms with Gasteiger partial charge in [-0.3, -0.25) is 14.2 Å². The van der Waals surface area contributed by atoms with Crippen LogP contribution >= 0.6 is 0 Å². The van der Waals surface area contributed by atoms with E-state index in [1.54, 1.807) is 12.4 Å². The molecule has 6 nitrogen and oxygen atoms in total. The SMILES string of the molecule is CCCc1nn(C)c2c1nc(N)n2C(C)c1ccncc1. The van der Waals surface area contributed by atoms with Crippen molar-refractivity contribution < 1.29 is 0 Å². The summed E-state index contributed by atoms with van der Waals surface area (Å²) >= 11 is 0. The Morgan fingerprint density at radius 2 is 2.00 bits per heavy atom. The van der Waals surface area contributed by atoms with Gasteiger partial charge in [-0.05, 0) is 31.0 Å². The van der Waals surface area contributed by atoms with Gasteiger partial charge in [0.2, 0.25) is 5.95 Å². The number of hydrogen-bond donors (Lipinski definition) is 1. The highest BCUT2D eigenvalue weighted by atomic mass is 15.4. The first kappa shape index (κ1) is 13.6. The maximum Gasteiger partial charge on any atom is 0.203 e. The summed E-state index contributed by atoms with van der Waals surface area (Å²) in [4.78, 5) is 8.61. The lowest BCUT2D eigenvalue weighted by molar-refractivity contribution is 0.633. The van der Waals surface area contributed by atoms with E-state index in [9.17, 15) is 0 Å². The third-order valence-corrected chi connectivity index (χ3v) is 3.83. The molecule has 0 fully saturated rings. The van der Waals surface area contributed by atoms with Crippen LogP contribution in [0, 0.1) is 0 Å². The molecule has 21 heavy (non-hydrogen) atoms. The van der Waals surface area contributed by atoms with Crippen molar-refractivity contribution in [3.63, 3.8) is 0 Å². The lowest BCUT2D eigenvalue weighted by atomic mass is 10.1. The topological polar surface area (TPSA) is 74.6 Å². The van der Waals surface area contributed by atoms with Crippen LogP contribution in [0.3, 0.4) is 0 Å². The van der Waals surface area contributed by atoms with Gasteiger partial charge in [-0.15, -0.1) is 0 Å². The molecule has 110 valence electrons. The number of nitrogens with zero attached hydrogens (tertiary/aromatic N) is 5. The van der Waals surface area contributed by atoms with Gasteiger partial charge in [0, 0.05) is 19.4 Å². The van der Waals surface area contributed by atoms with Crippen LogP contribution < -0.4 is 5.73 Å². The molecule has 0 spiro atoms. The molecule has 0 amide bonds. The number of rotatable bonds is 4. The number of hydrogen-bond acceptors (Lipinski definition) is 4. The minimum atomic E-state index is 0.0860. The van der Waals surface area contributed by atoms with Crippen molar-refractivity contribution in [3.8, 4) is 0 Å². The number of fused-ring (bicyclic) bond motifs is 1. The first-order valence-corrected chi connectivity index (χ1v) is 7.22. The first-order valence-electron chi connectivity index (χ1n) is 7.22. The number of pyridine rings is 1. The average Bonchev–Trinajstić information content (AvgIpc) is 2.97. The van der Waals surface area contributed by atoms with Crippen molar-refractivity contribution >= 4 is 17.1 Å². The highest BCUT2D eigenvalue weighted by molar-refractivity contribution is 5.78. The standard InChI is InChI=1S/C15H20N6/c1-4-5-12-13-14(20(3)19-12)21(15(16)18-13)10(2)11-6-8-17-9-7-11/h6-10H,4-5H2,1-3H3,(H2,16,18). The predicted molar refractivity (Wildman–Crippen MR) is 83.0 cm³/mol. The Hall–Kier alpha value is -2.37. The molecule has 2 N–H and O–H groups in total. The van der Waals surface area contributed by atoms with Gasteiger partial charge in [-0.25, -0.2) is 4.98 Å². The van der Waals surface area contributed by atoms with Gasteiger partial charge in [-0.1, -0.05) is 13.3 Å². The van der Waals surface area contributed by atoms with Crippen LogP contribution in [0.2, 0.25) is 0 Å². The highest BCUT2D eigenvalue weighted by Gasteiger charge is 2.21. The smallest absolute Gasteiger partial charge is 0.203 e. The summed E-state index contributed by atoms with van der Waals surface area (Å²) in [5, 5.41) is 4.58. The largest absolute Gasteiger partial charge is 0.369 e. The molecule has 0 aliphatic heterocycles. The summed E-state index contributed by atoms with van der Waals surface area (Å²) in [5.41, 5.74) is 10.2. The summed E-state index contributed by atoms with van der Waals surface area (Å²) in [6.45, 7) is 4.25. The molecule has 0 aromatic carbocycles. The maximum absolute atomic E-state index is 6.17. The molecule has 1 unspecified atom stereocenters. The molecule has 0 bridgehead atoms. The minimum absolute atomic E-state index is 0.0860. The quantitative estimate of drug-likeness (QED) is 0.797. The van der Waals surface area contributed by atoms with Crippen LogP contribution in [0.4, 0.5) is 5.95 Å². The van der Waals surface area contributed by atoms with Crippen LogP contribution in [0.15, 0.2) is 24.5 Å². The number of aromatic nitrogens is 5. The van der Waals surface area contributed by atoms with Gasteiger partial charge in [0.1, 0.15) is 5.52 Å². The Labute approximate surface area is 123 Å². The Kier molecular flexibility index (Phi) is 3.37. The molecule has 0 saturated heterocycles. The molecule has 6 heteroatoms. The summed E-state index contributed by atoms with van der Waals surface area (Å²) < 4.78 is 3.91. The molecule has 3 aromatic heterocycles. The predicted octanol–water partition coefficient (Wildman–Crippen LogP) is 2.31. The number of aryl methyl sites for hydroxylation is 2. The summed E-state index contributed by atoms with van der Waals surface area (Å²) in [6, 6.07) is 4.08. The number of imidazole rings is 1. The Balaban J connectivity index is 2.16. The molecular weight excluding hydrogens is 264 g/mol. The van der Waals surface area contributed by atoms with Gasteiger partial charge >= 0.3 is 0 Å². The molecule has 1 atom stereocenters. The van der Waals surface area contributed by atoms with Crippen LogP contribution in [-0.4, -0.2) is 24.3 Å². The third-order valence-electron chi connectivity index (χ3n) is 3.83. The van der Waals surface area contributed by atoms with E-state index < -0.39 is 0 Å². The van der Waals surface area contributed by atoms with Gasteiger partial charge < -0.3 is 5.73 Å². The van der Waals surface area contributed by atoms with E-state index in [1.165, 1.54) is 0 Å². The fraction of sp³-hybridized carbons (Fsp3) is 0.400. The zero-order valence-electron chi connectivity index (χ0n) is 12.6. The number of anilines is 1. The van der Waals surface area contributed by atoms with E-state index in [0.29, 0.717) is 5.95 Å². The van der Waals surface area contributed by atoms with Crippen molar-refractivity contribution in [2.24, 2.45) is 7.05 Å². The second-order valence-corrected chi connectivity index (χ2v) is 5.29. The van der Waals surface area contributed by atoms with Gasteiger partial charge in [0.25, 0.3) is 0 Å². The van der Waals surface area contributed by atoms with Crippen molar-refractivity contribution in [1.29, 1.82) is 0 Å². The summed E-state index contributed by atoms with van der Waals surface area (Å²) in [5.74, 6) is 0.527. The van der Waals surface area contributed by atoms with Gasteiger partial charge in [0.05, 0.1) is 11.7 Å². The van der Waals surface area contributed by atoms with E-state index >= 15 is 0 Å². The van der Waals surface area contributed by atoms with Crippen LogP contribution in [0.1, 0.15) is 37.6 Å². The molecule has 0 aliphatic rings. The van der Waals surface area contributed by atoms with Crippen LogP contribution in [0.5, 0.6) is 0 Å². The fourth-order valence-corrected chi connectivity index (χ4v) is 2.80. The molecule has 3 aromatic rings. The Morgan fingerprint density at radius 3 is 2.67 bits per heavy atom. The minimum Gasteiger partial charge on any atom is -0.369 e. The molecular formula is C15H20N6. The molecule has 3 heterocycles. The fourth-order valence-electron chi connectivity index (χ4n) is 2.80. The van der Waals surface area contributed by atoms with E-state index in [2.05, 4.69) is 28.9 Å². The summed E-state index contributed by atoms with van der Waals surface area (Å²) in [7, 11) is 1.94. The molecule has 3 rings (SSSR count). The van der Waals surface area contributed by atoms with E-state index in [1.807, 2.05) is 28.4 Å². The number of nitrogen functional groups attached to an aromatic ring is 1. The van der Waals surface area contributed by atoms with E-state index in [4.69, 9.17) is 5.73 Å². The second-order valence-electron chi connectivity index (χ2n) is 5.29. The molecule has 0 radical (unpaired) electrons. The van der Waals surface area contributed by atoms with Crippen LogP contribution in [0.25, 0.3) is 11.2 Å². The van der Waals surface area contributed by atoms with Gasteiger partial charge in [-0.2, -0.15) is 5.10 Å². The Morgan fingerprint density at radius 1 is 1.29 bits per heavy atom. The summed E-state index contributed by atoms with van der Waals surface area (Å²) in [6.07, 6.45) is 5.54. The lowest BCUT2D eigenvalue weighted by Gasteiger charge is -2.16. The third kappa shape index (κ3) is 2.16. The maximum atomic E-state index is 6.17. The number of nitrogens with two attached hydrogens (primary N) is 1. The van der Waals surface area contributed by atoms with Crippen LogP contribution in [-0.2, 0) is 13.5 Å². The second kappa shape index (κ2) is 5.20. The average molecular weight is 284 g/mol. The zero-order chi connectivity index (χ0) is 15.0. The van der Waals surface area contributed by atoms with Crippen molar-refractivity contribution in [2.75, 3.05) is 5.73 Å². The monoisotopic (exact) mass is 284 g/mol. The van der Waals surface area contributed by atoms with Gasteiger partial charge in [0.15, 0.2) is 5.65 Å². The molecule has 0 aliphatic carbocycles. The highest BCUT2D eigenvalue weighted by Crippen LogP contribution is 2.28. The van der Waals surface area contributed by atoms with E-state index in [0.717, 1.165) is 35.3 Å². The zero-order valence-corrected chi connectivity index (χ0v) is 12.6. The van der Waals surface area contributed by atoms with Crippen molar-refractivity contribution in [1.82, 2.24) is 24.3 Å².